The van der Waals surface area contributed by atoms with Crippen molar-refractivity contribution in [2.24, 2.45) is 0 Å². The van der Waals surface area contributed by atoms with Crippen LogP contribution in [0.1, 0.15) is 22.7 Å². The van der Waals surface area contributed by atoms with Gasteiger partial charge in [0.1, 0.15) is 0 Å². The van der Waals surface area contributed by atoms with Gasteiger partial charge in [-0.15, -0.1) is 0 Å². The number of nitrogens with zero attached hydrogens (tertiary/aromatic N) is 2. The number of piperazine rings is 1. The fourth-order valence-electron chi connectivity index (χ4n) is 5.35. The van der Waals surface area contributed by atoms with Gasteiger partial charge >= 0.3 is 0 Å². The Morgan fingerprint density at radius 1 is 0.667 bits per heavy atom. The summed E-state index contributed by atoms with van der Waals surface area (Å²) in [6, 6.07) is 30.6. The molecule has 0 radical (unpaired) electrons. The molecule has 4 aromatic carbocycles. The van der Waals surface area contributed by atoms with Gasteiger partial charge in [0.2, 0.25) is 5.75 Å². The van der Waals surface area contributed by atoms with Gasteiger partial charge in [-0.2, -0.15) is 0 Å². The molecule has 4 aromatic rings. The summed E-state index contributed by atoms with van der Waals surface area (Å²) in [6.45, 7) is 5.04. The fourth-order valence-corrected chi connectivity index (χ4v) is 5.35. The summed E-state index contributed by atoms with van der Waals surface area (Å²) >= 11 is 0. The molecule has 36 heavy (non-hydrogen) atoms. The van der Waals surface area contributed by atoms with Gasteiger partial charge in [0.05, 0.1) is 27.4 Å². The maximum absolute atomic E-state index is 5.67. The highest BCUT2D eigenvalue weighted by Crippen LogP contribution is 2.43. The molecule has 1 aliphatic heterocycles. The average Bonchev–Trinajstić information content (AvgIpc) is 2.94. The lowest BCUT2D eigenvalue weighted by Gasteiger charge is -2.40. The molecule has 5 rings (SSSR count). The van der Waals surface area contributed by atoms with Gasteiger partial charge in [-0.1, -0.05) is 72.8 Å². The molecule has 0 aliphatic carbocycles. The third-order valence-electron chi connectivity index (χ3n) is 7.11. The Morgan fingerprint density at radius 3 is 1.83 bits per heavy atom. The minimum absolute atomic E-state index is 0.283. The monoisotopic (exact) mass is 482 g/mol. The summed E-state index contributed by atoms with van der Waals surface area (Å²) in [7, 11) is 4.97. The van der Waals surface area contributed by atoms with Crippen molar-refractivity contribution < 1.29 is 14.2 Å². The van der Waals surface area contributed by atoms with Crippen molar-refractivity contribution >= 4 is 10.8 Å². The van der Waals surface area contributed by atoms with Crippen LogP contribution in [0.3, 0.4) is 0 Å². The lowest BCUT2D eigenvalue weighted by Crippen LogP contribution is -2.47. The van der Waals surface area contributed by atoms with E-state index in [0.717, 1.165) is 43.5 Å². The zero-order chi connectivity index (χ0) is 24.9. The van der Waals surface area contributed by atoms with Crippen LogP contribution < -0.4 is 14.2 Å². The molecular formula is C31H34N2O3. The van der Waals surface area contributed by atoms with Crippen molar-refractivity contribution in [1.29, 1.82) is 0 Å². The summed E-state index contributed by atoms with van der Waals surface area (Å²) in [5, 5.41) is 2.12. The minimum Gasteiger partial charge on any atom is -0.493 e. The second-order valence-corrected chi connectivity index (χ2v) is 9.24. The van der Waals surface area contributed by atoms with E-state index in [-0.39, 0.29) is 6.04 Å². The number of methoxy groups -OCH3 is 3. The number of benzene rings is 4. The Labute approximate surface area is 213 Å². The Balaban J connectivity index is 1.32. The summed E-state index contributed by atoms with van der Waals surface area (Å²) < 4.78 is 16.8. The highest BCUT2D eigenvalue weighted by atomic mass is 16.5. The number of fused-ring (bicyclic) bond motifs is 1. The maximum Gasteiger partial charge on any atom is 0.203 e. The van der Waals surface area contributed by atoms with Crippen LogP contribution in [0.15, 0.2) is 84.9 Å². The van der Waals surface area contributed by atoms with Gasteiger partial charge in [-0.3, -0.25) is 9.80 Å². The van der Waals surface area contributed by atoms with E-state index in [1.807, 2.05) is 6.07 Å². The quantitative estimate of drug-likeness (QED) is 0.318. The Kier molecular flexibility index (Phi) is 7.40. The van der Waals surface area contributed by atoms with E-state index in [1.165, 1.54) is 16.7 Å². The number of ether oxygens (including phenoxy) is 3. The molecule has 0 aromatic heterocycles. The zero-order valence-corrected chi connectivity index (χ0v) is 21.3. The molecule has 186 valence electrons. The first-order valence-corrected chi connectivity index (χ1v) is 12.5. The molecule has 5 heteroatoms. The van der Waals surface area contributed by atoms with Gasteiger partial charge in [-0.25, -0.2) is 0 Å². The molecular weight excluding hydrogens is 448 g/mol. The largest absolute Gasteiger partial charge is 0.493 e. The fraction of sp³-hybridized carbons (Fsp3) is 0.290. The van der Waals surface area contributed by atoms with Crippen LogP contribution in [0, 0.1) is 0 Å². The standard InChI is InChI=1S/C31H34N2O3/c1-34-28-21-26-20-23(14-15-27(26)30(35-2)31(28)36-3)22-32-16-18-33(19-17-32)29(24-10-6-4-7-11-24)25-12-8-5-9-13-25/h4-15,20-21,29H,16-19,22H2,1-3H3. The van der Waals surface area contributed by atoms with Crippen LogP contribution in [0.25, 0.3) is 10.8 Å². The number of rotatable bonds is 8. The van der Waals surface area contributed by atoms with Crippen LogP contribution in [0.5, 0.6) is 17.2 Å². The predicted molar refractivity (Wildman–Crippen MR) is 145 cm³/mol. The van der Waals surface area contributed by atoms with Crippen molar-refractivity contribution in [1.82, 2.24) is 9.80 Å². The van der Waals surface area contributed by atoms with E-state index in [1.54, 1.807) is 21.3 Å². The third-order valence-corrected chi connectivity index (χ3v) is 7.11. The predicted octanol–water partition coefficient (Wildman–Crippen LogP) is 5.77. The van der Waals surface area contributed by atoms with Crippen molar-refractivity contribution in [2.75, 3.05) is 47.5 Å². The van der Waals surface area contributed by atoms with Crippen LogP contribution in [-0.2, 0) is 6.54 Å². The highest BCUT2D eigenvalue weighted by Gasteiger charge is 2.26. The second kappa shape index (κ2) is 11.0. The molecule has 0 bridgehead atoms. The summed E-state index contributed by atoms with van der Waals surface area (Å²) in [6.07, 6.45) is 0. The van der Waals surface area contributed by atoms with Crippen LogP contribution in [-0.4, -0.2) is 57.3 Å². The SMILES string of the molecule is COc1cc2cc(CN3CCN(C(c4ccccc4)c4ccccc4)CC3)ccc2c(OC)c1OC. The Morgan fingerprint density at radius 2 is 1.28 bits per heavy atom. The molecule has 1 aliphatic rings. The normalized spacial score (nSPS) is 14.8. The number of hydrogen-bond acceptors (Lipinski definition) is 5. The van der Waals surface area contributed by atoms with Crippen molar-refractivity contribution in [3.63, 3.8) is 0 Å². The molecule has 1 saturated heterocycles. The molecule has 0 spiro atoms. The van der Waals surface area contributed by atoms with Crippen molar-refractivity contribution in [2.45, 2.75) is 12.6 Å². The summed E-state index contributed by atoms with van der Waals surface area (Å²) in [5.41, 5.74) is 3.99. The first-order chi connectivity index (χ1) is 17.7. The first-order valence-electron chi connectivity index (χ1n) is 12.5. The first kappa shape index (κ1) is 24.2. The van der Waals surface area contributed by atoms with E-state index < -0.39 is 0 Å². The van der Waals surface area contributed by atoms with E-state index in [0.29, 0.717) is 17.2 Å². The van der Waals surface area contributed by atoms with Crippen molar-refractivity contribution in [3.05, 3.63) is 102 Å². The van der Waals surface area contributed by atoms with Gasteiger partial charge in [-0.05, 0) is 34.2 Å². The van der Waals surface area contributed by atoms with Crippen LogP contribution >= 0.6 is 0 Å². The Bertz CT molecular complexity index is 1250. The zero-order valence-electron chi connectivity index (χ0n) is 21.3. The smallest absolute Gasteiger partial charge is 0.203 e. The molecule has 0 N–H and O–H groups in total. The highest BCUT2D eigenvalue weighted by molar-refractivity contribution is 5.93. The van der Waals surface area contributed by atoms with Gasteiger partial charge in [0, 0.05) is 38.1 Å². The topological polar surface area (TPSA) is 34.2 Å². The van der Waals surface area contributed by atoms with E-state index in [2.05, 4.69) is 88.7 Å². The van der Waals surface area contributed by atoms with Crippen molar-refractivity contribution in [3.8, 4) is 17.2 Å². The van der Waals surface area contributed by atoms with Gasteiger partial charge in [0.25, 0.3) is 0 Å². The number of hydrogen-bond donors (Lipinski definition) is 0. The average molecular weight is 483 g/mol. The third kappa shape index (κ3) is 4.90. The van der Waals surface area contributed by atoms with Crippen LogP contribution in [0.4, 0.5) is 0 Å². The molecule has 5 nitrogen and oxygen atoms in total. The maximum atomic E-state index is 5.67. The summed E-state index contributed by atoms with van der Waals surface area (Å²) in [4.78, 5) is 5.16. The van der Waals surface area contributed by atoms with Gasteiger partial charge in [0.15, 0.2) is 11.5 Å². The van der Waals surface area contributed by atoms with Gasteiger partial charge < -0.3 is 14.2 Å². The second-order valence-electron chi connectivity index (χ2n) is 9.24. The van der Waals surface area contributed by atoms with E-state index in [4.69, 9.17) is 14.2 Å². The van der Waals surface area contributed by atoms with E-state index in [9.17, 15) is 0 Å². The lowest BCUT2D eigenvalue weighted by atomic mass is 9.96. The molecule has 0 unspecified atom stereocenters. The molecule has 1 fully saturated rings. The summed E-state index contributed by atoms with van der Waals surface area (Å²) in [5.74, 6) is 2.02. The molecule has 0 atom stereocenters. The molecule has 0 saturated carbocycles. The molecule has 0 amide bonds. The molecule has 1 heterocycles. The van der Waals surface area contributed by atoms with Crippen LogP contribution in [0.2, 0.25) is 0 Å². The minimum atomic E-state index is 0.283. The lowest BCUT2D eigenvalue weighted by molar-refractivity contribution is 0.105. The Hall–Kier alpha value is -3.54. The van der Waals surface area contributed by atoms with E-state index >= 15 is 0 Å².